The van der Waals surface area contributed by atoms with Gasteiger partial charge in [0.05, 0.1) is 11.0 Å². The molecule has 2 unspecified atom stereocenters. The fourth-order valence-electron chi connectivity index (χ4n) is 8.33. The molecule has 0 heterocycles. The minimum Gasteiger partial charge on any atom is -0.450 e. The van der Waals surface area contributed by atoms with Crippen molar-refractivity contribution < 1.29 is 33.0 Å². The van der Waals surface area contributed by atoms with Crippen molar-refractivity contribution in [1.29, 1.82) is 0 Å². The molecule has 0 radical (unpaired) electrons. The summed E-state index contributed by atoms with van der Waals surface area (Å²) in [7, 11) is 0. The first-order valence-electron chi connectivity index (χ1n) is 13.2. The predicted molar refractivity (Wildman–Crippen MR) is 132 cm³/mol. The molecule has 0 aliphatic heterocycles. The first kappa shape index (κ1) is 27.4. The van der Waals surface area contributed by atoms with Crippen molar-refractivity contribution in [3.63, 3.8) is 0 Å². The molecule has 36 heavy (non-hydrogen) atoms. The van der Waals surface area contributed by atoms with Crippen molar-refractivity contribution in [3.05, 3.63) is 23.6 Å². The van der Waals surface area contributed by atoms with E-state index in [1.165, 1.54) is 6.08 Å². The second-order valence-electron chi connectivity index (χ2n) is 11.7. The van der Waals surface area contributed by atoms with Crippen molar-refractivity contribution in [2.24, 2.45) is 28.6 Å². The zero-order valence-electron chi connectivity index (χ0n) is 21.5. The number of aliphatic hydroxyl groups is 1. The average molecular weight is 527 g/mol. The Balaban J connectivity index is 1.78. The third kappa shape index (κ3) is 3.44. The van der Waals surface area contributed by atoms with Gasteiger partial charge in [-0.15, -0.1) is 11.6 Å². The summed E-state index contributed by atoms with van der Waals surface area (Å²) in [6, 6.07) is 0. The van der Waals surface area contributed by atoms with Crippen LogP contribution in [0.2, 0.25) is 0 Å². The van der Waals surface area contributed by atoms with Crippen LogP contribution < -0.4 is 0 Å². The molecule has 0 amide bonds. The number of fused-ring (bicyclic) bond motifs is 5. The lowest BCUT2D eigenvalue weighted by Crippen LogP contribution is -2.69. The molecule has 5 nitrogen and oxygen atoms in total. The van der Waals surface area contributed by atoms with E-state index in [9.17, 15) is 28.3 Å². The van der Waals surface area contributed by atoms with E-state index in [0.717, 1.165) is 12.8 Å². The Bertz CT molecular complexity index is 1030. The smallest absolute Gasteiger partial charge is 0.306 e. The SMILES string of the molecule is CCCCCC(=O)O[C@]1(C(=O)CF)C(C)C[C@H]2[C@@H]3CCC4=C(F)C(=O)C=C[C@]4(C)[C@@]3(Cl)C(O)C[C@@]21C. The van der Waals surface area contributed by atoms with Crippen LogP contribution in [0.1, 0.15) is 79.1 Å². The molecule has 0 spiro atoms. The first-order chi connectivity index (χ1) is 16.8. The number of esters is 1. The molecule has 4 aliphatic carbocycles. The second kappa shape index (κ2) is 9.30. The lowest BCUT2D eigenvalue weighted by atomic mass is 9.45. The monoisotopic (exact) mass is 526 g/mol. The highest BCUT2D eigenvalue weighted by atomic mass is 35.5. The molecule has 1 N–H and O–H groups in total. The molecule has 0 aromatic carbocycles. The fourth-order valence-corrected chi connectivity index (χ4v) is 8.84. The van der Waals surface area contributed by atoms with Crippen LogP contribution in [0.25, 0.3) is 0 Å². The summed E-state index contributed by atoms with van der Waals surface area (Å²) in [4.78, 5) is 37.0. The van der Waals surface area contributed by atoms with E-state index in [-0.39, 0.29) is 31.1 Å². The summed E-state index contributed by atoms with van der Waals surface area (Å²) in [6.07, 6.45) is 5.20. The van der Waals surface area contributed by atoms with Gasteiger partial charge < -0.3 is 9.84 Å². The summed E-state index contributed by atoms with van der Waals surface area (Å²) in [5.74, 6) is -3.97. The number of rotatable bonds is 7. The van der Waals surface area contributed by atoms with Crippen LogP contribution in [0.3, 0.4) is 0 Å². The van der Waals surface area contributed by atoms with Crippen LogP contribution in [0.4, 0.5) is 8.78 Å². The largest absolute Gasteiger partial charge is 0.450 e. The fraction of sp³-hybridized carbons (Fsp3) is 0.750. The van der Waals surface area contributed by atoms with Crippen LogP contribution in [-0.2, 0) is 19.1 Å². The number of aliphatic hydroxyl groups excluding tert-OH is 1. The Morgan fingerprint density at radius 1 is 1.25 bits per heavy atom. The molecule has 0 aromatic rings. The number of ether oxygens (including phenoxy) is 1. The third-order valence-electron chi connectivity index (χ3n) is 10.1. The Morgan fingerprint density at radius 2 is 1.94 bits per heavy atom. The van der Waals surface area contributed by atoms with Crippen molar-refractivity contribution in [3.8, 4) is 0 Å². The van der Waals surface area contributed by atoms with Gasteiger partial charge in [0, 0.05) is 23.2 Å². The maximum atomic E-state index is 15.0. The number of ketones is 2. The van der Waals surface area contributed by atoms with Crippen LogP contribution >= 0.6 is 11.6 Å². The molecule has 3 saturated carbocycles. The van der Waals surface area contributed by atoms with Gasteiger partial charge in [-0.1, -0.05) is 46.6 Å². The first-order valence-corrected chi connectivity index (χ1v) is 13.5. The molecule has 0 bridgehead atoms. The molecule has 200 valence electrons. The molecular formula is C28H37ClF2O5. The summed E-state index contributed by atoms with van der Waals surface area (Å²) < 4.78 is 35.0. The van der Waals surface area contributed by atoms with Crippen molar-refractivity contribution in [2.75, 3.05) is 6.67 Å². The van der Waals surface area contributed by atoms with Crippen molar-refractivity contribution in [1.82, 2.24) is 0 Å². The number of alkyl halides is 2. The Hall–Kier alpha value is -1.60. The van der Waals surface area contributed by atoms with E-state index >= 15 is 0 Å². The zero-order chi connectivity index (χ0) is 26.7. The van der Waals surface area contributed by atoms with Gasteiger partial charge >= 0.3 is 5.97 Å². The number of carbonyl (C=O) groups is 3. The highest BCUT2D eigenvalue weighted by Gasteiger charge is 2.76. The third-order valence-corrected chi connectivity index (χ3v) is 11.0. The number of carbonyl (C=O) groups excluding carboxylic acids is 3. The van der Waals surface area contributed by atoms with Gasteiger partial charge in [0.1, 0.15) is 0 Å². The van der Waals surface area contributed by atoms with Gasteiger partial charge in [0.25, 0.3) is 0 Å². The minimum absolute atomic E-state index is 0.0116. The van der Waals surface area contributed by atoms with E-state index < -0.39 is 63.4 Å². The number of Topliss-reactive ketones (excluding diaryl/α,β-unsaturated/α-hetero) is 1. The van der Waals surface area contributed by atoms with E-state index in [4.69, 9.17) is 16.3 Å². The summed E-state index contributed by atoms with van der Waals surface area (Å²) in [6.45, 7) is 6.10. The van der Waals surface area contributed by atoms with Gasteiger partial charge in [-0.05, 0) is 55.6 Å². The number of unbranched alkanes of at least 4 members (excludes halogenated alkanes) is 2. The topological polar surface area (TPSA) is 80.7 Å². The van der Waals surface area contributed by atoms with Crippen LogP contribution in [0.5, 0.6) is 0 Å². The molecule has 8 atom stereocenters. The Labute approximate surface area is 216 Å². The van der Waals surface area contributed by atoms with Crippen LogP contribution in [-0.4, -0.2) is 45.9 Å². The standard InChI is InChI=1S/C28H37ClF2O5/c1-5-6-7-8-23(35)36-28(22(34)15-30)16(2)13-19-17-9-10-18-24(31)20(32)11-12-25(18,3)27(17,29)21(33)14-26(19,28)4/h11-12,16-17,19,21,33H,5-10,13-15H2,1-4H3/t16?,17-,19-,21?,25-,26-,27-,28-/m0/s1. The lowest BCUT2D eigenvalue weighted by Gasteiger charge is -2.64. The summed E-state index contributed by atoms with van der Waals surface area (Å²) >= 11 is 7.35. The minimum atomic E-state index is -1.71. The molecule has 0 saturated heterocycles. The number of hydrogen-bond acceptors (Lipinski definition) is 5. The van der Waals surface area contributed by atoms with E-state index in [0.29, 0.717) is 24.8 Å². The van der Waals surface area contributed by atoms with Gasteiger partial charge in [0.2, 0.25) is 11.6 Å². The highest BCUT2D eigenvalue weighted by molar-refractivity contribution is 6.26. The number of allylic oxidation sites excluding steroid dienone is 4. The molecule has 4 aliphatic rings. The van der Waals surface area contributed by atoms with Crippen molar-refractivity contribution >= 4 is 29.1 Å². The number of hydrogen-bond donors (Lipinski definition) is 1. The summed E-state index contributed by atoms with van der Waals surface area (Å²) in [5.41, 5.74) is -3.58. The molecular weight excluding hydrogens is 490 g/mol. The molecule has 8 heteroatoms. The van der Waals surface area contributed by atoms with Crippen LogP contribution in [0, 0.1) is 28.6 Å². The Morgan fingerprint density at radius 3 is 2.58 bits per heavy atom. The highest BCUT2D eigenvalue weighted by Crippen LogP contribution is 2.72. The Kier molecular flexibility index (Phi) is 7.09. The molecule has 4 rings (SSSR count). The van der Waals surface area contributed by atoms with E-state index in [1.807, 2.05) is 13.8 Å². The van der Waals surface area contributed by atoms with Gasteiger partial charge in [-0.3, -0.25) is 14.4 Å². The van der Waals surface area contributed by atoms with Gasteiger partial charge in [0.15, 0.2) is 18.1 Å². The second-order valence-corrected chi connectivity index (χ2v) is 12.3. The van der Waals surface area contributed by atoms with Gasteiger partial charge in [-0.2, -0.15) is 0 Å². The quantitative estimate of drug-likeness (QED) is 0.266. The maximum Gasteiger partial charge on any atom is 0.306 e. The van der Waals surface area contributed by atoms with Crippen LogP contribution in [0.15, 0.2) is 23.6 Å². The van der Waals surface area contributed by atoms with Crippen molar-refractivity contribution in [2.45, 2.75) is 95.6 Å². The zero-order valence-corrected chi connectivity index (χ0v) is 22.3. The van der Waals surface area contributed by atoms with Gasteiger partial charge in [-0.25, -0.2) is 8.78 Å². The van der Waals surface area contributed by atoms with E-state index in [1.54, 1.807) is 19.9 Å². The summed E-state index contributed by atoms with van der Waals surface area (Å²) in [5, 5.41) is 11.7. The predicted octanol–water partition coefficient (Wildman–Crippen LogP) is 5.57. The molecule has 3 fully saturated rings. The average Bonchev–Trinajstić information content (AvgIpc) is 3.04. The molecule has 0 aromatic heterocycles. The normalized spacial score (nSPS) is 43.6. The number of halogens is 3. The van der Waals surface area contributed by atoms with E-state index in [2.05, 4.69) is 0 Å². The maximum absolute atomic E-state index is 15.0. The lowest BCUT2D eigenvalue weighted by molar-refractivity contribution is -0.202.